The third-order valence-corrected chi connectivity index (χ3v) is 2.45. The SMILES string of the molecule is O=C(O)C1CC(F)c2ccccc21. The van der Waals surface area contributed by atoms with Crippen LogP contribution in [0.1, 0.15) is 29.6 Å². The lowest BCUT2D eigenvalue weighted by Crippen LogP contribution is -2.07. The summed E-state index contributed by atoms with van der Waals surface area (Å²) in [6.07, 6.45) is -1.04. The number of hydrogen-bond donors (Lipinski definition) is 1. The lowest BCUT2D eigenvalue weighted by molar-refractivity contribution is -0.139. The number of carboxylic acid groups (broad SMARTS) is 1. The highest BCUT2D eigenvalue weighted by Gasteiger charge is 2.34. The highest BCUT2D eigenvalue weighted by Crippen LogP contribution is 2.42. The molecule has 0 amide bonds. The Kier molecular flexibility index (Phi) is 1.79. The van der Waals surface area contributed by atoms with Crippen molar-refractivity contribution in [3.63, 3.8) is 0 Å². The standard InChI is InChI=1S/C10H9FO2/c11-9-5-8(10(12)13)6-3-1-2-4-7(6)9/h1-4,8-9H,5H2,(H,12,13). The molecule has 1 aliphatic rings. The van der Waals surface area contributed by atoms with Crippen molar-refractivity contribution in [1.82, 2.24) is 0 Å². The molecule has 2 rings (SSSR count). The van der Waals surface area contributed by atoms with Crippen molar-refractivity contribution in [3.8, 4) is 0 Å². The van der Waals surface area contributed by atoms with E-state index in [4.69, 9.17) is 5.11 Å². The summed E-state index contributed by atoms with van der Waals surface area (Å²) in [6, 6.07) is 6.82. The predicted molar refractivity (Wildman–Crippen MR) is 45.3 cm³/mol. The van der Waals surface area contributed by atoms with E-state index < -0.39 is 18.1 Å². The van der Waals surface area contributed by atoms with Gasteiger partial charge in [0.15, 0.2) is 0 Å². The van der Waals surface area contributed by atoms with Crippen molar-refractivity contribution in [2.75, 3.05) is 0 Å². The molecule has 0 aromatic heterocycles. The van der Waals surface area contributed by atoms with Gasteiger partial charge in [-0.2, -0.15) is 0 Å². The van der Waals surface area contributed by atoms with Gasteiger partial charge in [-0.1, -0.05) is 24.3 Å². The van der Waals surface area contributed by atoms with E-state index in [1.807, 2.05) is 0 Å². The minimum atomic E-state index is -1.11. The Hall–Kier alpha value is -1.38. The first-order valence-corrected chi connectivity index (χ1v) is 4.16. The molecule has 0 radical (unpaired) electrons. The van der Waals surface area contributed by atoms with Gasteiger partial charge in [-0.15, -0.1) is 0 Å². The van der Waals surface area contributed by atoms with E-state index in [0.717, 1.165) is 0 Å². The van der Waals surface area contributed by atoms with Gasteiger partial charge in [0.05, 0.1) is 5.92 Å². The van der Waals surface area contributed by atoms with E-state index in [9.17, 15) is 9.18 Å². The molecule has 1 aromatic rings. The molecular formula is C10H9FO2. The van der Waals surface area contributed by atoms with Crippen LogP contribution in [0.15, 0.2) is 24.3 Å². The average Bonchev–Trinajstić information content (AvgIpc) is 2.45. The Bertz CT molecular complexity index is 349. The molecule has 68 valence electrons. The molecule has 1 aliphatic carbocycles. The Balaban J connectivity index is 2.47. The fourth-order valence-corrected chi connectivity index (χ4v) is 1.81. The zero-order valence-electron chi connectivity index (χ0n) is 6.90. The molecule has 0 spiro atoms. The average molecular weight is 180 g/mol. The number of halogens is 1. The van der Waals surface area contributed by atoms with Crippen LogP contribution in [0.4, 0.5) is 4.39 Å². The van der Waals surface area contributed by atoms with Crippen molar-refractivity contribution < 1.29 is 14.3 Å². The molecular weight excluding hydrogens is 171 g/mol. The van der Waals surface area contributed by atoms with E-state index in [0.29, 0.717) is 11.1 Å². The summed E-state index contributed by atoms with van der Waals surface area (Å²) in [4.78, 5) is 10.7. The minimum Gasteiger partial charge on any atom is -0.481 e. The Morgan fingerprint density at radius 1 is 1.38 bits per heavy atom. The van der Waals surface area contributed by atoms with Crippen molar-refractivity contribution in [1.29, 1.82) is 0 Å². The van der Waals surface area contributed by atoms with Crippen LogP contribution in [0.3, 0.4) is 0 Å². The number of alkyl halides is 1. The van der Waals surface area contributed by atoms with Crippen LogP contribution in [-0.2, 0) is 4.79 Å². The minimum absolute atomic E-state index is 0.0781. The summed E-state index contributed by atoms with van der Waals surface area (Å²) >= 11 is 0. The van der Waals surface area contributed by atoms with Crippen LogP contribution in [0.2, 0.25) is 0 Å². The van der Waals surface area contributed by atoms with Gasteiger partial charge in [-0.05, 0) is 11.1 Å². The molecule has 13 heavy (non-hydrogen) atoms. The monoisotopic (exact) mass is 180 g/mol. The summed E-state index contributed by atoms with van der Waals surface area (Å²) in [7, 11) is 0. The summed E-state index contributed by atoms with van der Waals surface area (Å²) in [5.41, 5.74) is 1.16. The van der Waals surface area contributed by atoms with Crippen LogP contribution in [-0.4, -0.2) is 11.1 Å². The summed E-state index contributed by atoms with van der Waals surface area (Å²) < 4.78 is 13.3. The molecule has 3 heteroatoms. The normalized spacial score (nSPS) is 25.6. The molecule has 0 saturated carbocycles. The topological polar surface area (TPSA) is 37.3 Å². The third-order valence-electron chi connectivity index (χ3n) is 2.45. The molecule has 2 nitrogen and oxygen atoms in total. The smallest absolute Gasteiger partial charge is 0.311 e. The molecule has 1 aromatic carbocycles. The lowest BCUT2D eigenvalue weighted by Gasteiger charge is -2.03. The number of carboxylic acids is 1. The number of benzene rings is 1. The molecule has 1 N–H and O–H groups in total. The zero-order valence-corrected chi connectivity index (χ0v) is 6.90. The highest BCUT2D eigenvalue weighted by molar-refractivity contribution is 5.78. The van der Waals surface area contributed by atoms with Crippen molar-refractivity contribution in [3.05, 3.63) is 35.4 Å². The summed E-state index contributed by atoms with van der Waals surface area (Å²) in [5.74, 6) is -1.60. The molecule has 2 unspecified atom stereocenters. The van der Waals surface area contributed by atoms with Crippen molar-refractivity contribution in [2.24, 2.45) is 0 Å². The maximum atomic E-state index is 13.3. The second-order valence-corrected chi connectivity index (χ2v) is 3.22. The largest absolute Gasteiger partial charge is 0.481 e. The van der Waals surface area contributed by atoms with Gasteiger partial charge >= 0.3 is 5.97 Å². The van der Waals surface area contributed by atoms with Gasteiger partial charge in [0.1, 0.15) is 6.17 Å². The first-order valence-electron chi connectivity index (χ1n) is 4.16. The van der Waals surface area contributed by atoms with E-state index in [1.54, 1.807) is 24.3 Å². The van der Waals surface area contributed by atoms with Gasteiger partial charge in [-0.25, -0.2) is 4.39 Å². The molecule has 0 aliphatic heterocycles. The second-order valence-electron chi connectivity index (χ2n) is 3.22. The highest BCUT2D eigenvalue weighted by atomic mass is 19.1. The first-order chi connectivity index (χ1) is 6.20. The van der Waals surface area contributed by atoms with Crippen LogP contribution in [0, 0.1) is 0 Å². The second kappa shape index (κ2) is 2.83. The number of aliphatic carboxylic acids is 1. The summed E-state index contributed by atoms with van der Waals surface area (Å²) in [6.45, 7) is 0. The number of carbonyl (C=O) groups is 1. The van der Waals surface area contributed by atoms with E-state index in [-0.39, 0.29) is 6.42 Å². The third kappa shape index (κ3) is 1.20. The molecule has 0 heterocycles. The maximum absolute atomic E-state index is 13.3. The van der Waals surface area contributed by atoms with Crippen molar-refractivity contribution in [2.45, 2.75) is 18.5 Å². The Labute approximate surface area is 75.0 Å². The van der Waals surface area contributed by atoms with Crippen LogP contribution in [0.25, 0.3) is 0 Å². The molecule has 0 bridgehead atoms. The van der Waals surface area contributed by atoms with Crippen molar-refractivity contribution >= 4 is 5.97 Å². The maximum Gasteiger partial charge on any atom is 0.311 e. The van der Waals surface area contributed by atoms with Crippen LogP contribution < -0.4 is 0 Å². The molecule has 0 fully saturated rings. The number of fused-ring (bicyclic) bond motifs is 1. The quantitative estimate of drug-likeness (QED) is 0.719. The molecule has 0 saturated heterocycles. The number of rotatable bonds is 1. The Morgan fingerprint density at radius 3 is 2.62 bits per heavy atom. The van der Waals surface area contributed by atoms with E-state index in [2.05, 4.69) is 0 Å². The fraction of sp³-hybridized carbons (Fsp3) is 0.300. The van der Waals surface area contributed by atoms with Gasteiger partial charge in [0.2, 0.25) is 0 Å². The number of hydrogen-bond acceptors (Lipinski definition) is 1. The molecule has 2 atom stereocenters. The van der Waals surface area contributed by atoms with Crippen LogP contribution >= 0.6 is 0 Å². The van der Waals surface area contributed by atoms with Gasteiger partial charge in [0, 0.05) is 6.42 Å². The van der Waals surface area contributed by atoms with Crippen LogP contribution in [0.5, 0.6) is 0 Å². The van der Waals surface area contributed by atoms with E-state index >= 15 is 0 Å². The predicted octanol–water partition coefficient (Wildman–Crippen LogP) is 2.27. The van der Waals surface area contributed by atoms with Gasteiger partial charge < -0.3 is 5.11 Å². The summed E-state index contributed by atoms with van der Waals surface area (Å²) in [5, 5.41) is 8.81. The Morgan fingerprint density at radius 2 is 2.00 bits per heavy atom. The van der Waals surface area contributed by atoms with E-state index in [1.165, 1.54) is 0 Å². The fourth-order valence-electron chi connectivity index (χ4n) is 1.81. The first kappa shape index (κ1) is 8.23. The zero-order chi connectivity index (χ0) is 9.42. The van der Waals surface area contributed by atoms with Gasteiger partial charge in [0.25, 0.3) is 0 Å². The van der Waals surface area contributed by atoms with Gasteiger partial charge in [-0.3, -0.25) is 4.79 Å². The lowest BCUT2D eigenvalue weighted by atomic mass is 10.0.